The van der Waals surface area contributed by atoms with Gasteiger partial charge in [0.25, 0.3) is 0 Å². The molecule has 0 amide bonds. The Morgan fingerprint density at radius 1 is 1.14 bits per heavy atom. The number of methoxy groups -OCH3 is 1. The molecule has 4 saturated carbocycles. The Labute approximate surface area is 208 Å². The molecule has 0 saturated heterocycles. The zero-order valence-corrected chi connectivity index (χ0v) is 21.6. The summed E-state index contributed by atoms with van der Waals surface area (Å²) in [4.78, 5) is 17.8. The molecule has 2 heterocycles. The largest absolute Gasteiger partial charge is 0.390 e. The van der Waals surface area contributed by atoms with Crippen LogP contribution in [0.3, 0.4) is 0 Å². The van der Waals surface area contributed by atoms with E-state index in [9.17, 15) is 9.90 Å². The molecule has 2 aromatic rings. The molecule has 0 radical (unpaired) electrons. The van der Waals surface area contributed by atoms with Crippen LogP contribution in [-0.2, 0) is 16.1 Å². The number of hydrogen-bond donors (Lipinski definition) is 1. The molecule has 6 nitrogen and oxygen atoms in total. The minimum absolute atomic E-state index is 0.0909. The number of ketones is 1. The van der Waals surface area contributed by atoms with E-state index in [0.29, 0.717) is 36.0 Å². The molecule has 4 aliphatic carbocycles. The number of ether oxygens (including phenoxy) is 1. The van der Waals surface area contributed by atoms with Gasteiger partial charge in [-0.05, 0) is 105 Å². The third-order valence-corrected chi connectivity index (χ3v) is 11.1. The quantitative estimate of drug-likeness (QED) is 0.650. The minimum atomic E-state index is -0.532. The first-order valence-electron chi connectivity index (χ1n) is 13.8. The van der Waals surface area contributed by atoms with Crippen molar-refractivity contribution in [2.45, 2.75) is 83.8 Å². The van der Waals surface area contributed by atoms with Crippen LogP contribution in [0.1, 0.15) is 71.6 Å². The molecule has 0 aliphatic heterocycles. The molecular weight excluding hydrogens is 438 g/mol. The molecule has 0 bridgehead atoms. The lowest BCUT2D eigenvalue weighted by Gasteiger charge is -2.62. The van der Waals surface area contributed by atoms with Crippen LogP contribution >= 0.6 is 0 Å². The Bertz CT molecular complexity index is 1080. The van der Waals surface area contributed by atoms with Gasteiger partial charge in [0.15, 0.2) is 5.78 Å². The number of carbonyl (C=O) groups excluding carboxylic acids is 1. The molecule has 1 N–H and O–H groups in total. The number of fused-ring (bicyclic) bond motifs is 6. The summed E-state index contributed by atoms with van der Waals surface area (Å²) in [5, 5.41) is 16.5. The summed E-state index contributed by atoms with van der Waals surface area (Å²) in [6.07, 6.45) is 15.3. The molecular formula is C29H41N3O3. The summed E-state index contributed by atoms with van der Waals surface area (Å²) in [6, 6.07) is 1.95. The summed E-state index contributed by atoms with van der Waals surface area (Å²) in [6.45, 7) is 5.64. The van der Waals surface area contributed by atoms with Gasteiger partial charge >= 0.3 is 0 Å². The Morgan fingerprint density at radius 2 is 2.00 bits per heavy atom. The van der Waals surface area contributed by atoms with Crippen LogP contribution in [0, 0.1) is 40.4 Å². The van der Waals surface area contributed by atoms with Gasteiger partial charge in [-0.2, -0.15) is 5.10 Å². The second-order valence-electron chi connectivity index (χ2n) is 12.9. The van der Waals surface area contributed by atoms with Gasteiger partial charge in [0, 0.05) is 30.8 Å². The first kappa shape index (κ1) is 23.6. The van der Waals surface area contributed by atoms with Crippen molar-refractivity contribution in [3.8, 4) is 0 Å². The van der Waals surface area contributed by atoms with Crippen molar-refractivity contribution in [1.82, 2.24) is 14.8 Å². The molecule has 8 atom stereocenters. The molecule has 0 aromatic carbocycles. The standard InChI is InChI=1S/C29H41N3O3/c1-27(34)11-12-29(18-35-3)20(14-27)4-5-21-22-6-7-24(28(22,2)10-8-23(21)29)26(33)17-32-16-19-9-13-30-15-25(19)31-32/h9,13,15-16,20-24,34H,4-8,10-12,14,17-18H2,1-3H3/t20?,21-,22-,23-,24+,27+,28-,29+/m0/s1. The topological polar surface area (TPSA) is 77.2 Å². The normalized spacial score (nSPS) is 42.9. The third-order valence-electron chi connectivity index (χ3n) is 11.1. The number of aromatic nitrogens is 3. The van der Waals surface area contributed by atoms with Crippen LogP contribution in [0.4, 0.5) is 0 Å². The molecule has 6 rings (SSSR count). The highest BCUT2D eigenvalue weighted by molar-refractivity contribution is 5.83. The fraction of sp³-hybridized carbons (Fsp3) is 0.759. The van der Waals surface area contributed by atoms with Crippen LogP contribution in [0.25, 0.3) is 10.9 Å². The third kappa shape index (κ3) is 3.69. The maximum absolute atomic E-state index is 13.7. The molecule has 4 aliphatic rings. The number of carbonyl (C=O) groups is 1. The van der Waals surface area contributed by atoms with Crippen LogP contribution < -0.4 is 0 Å². The molecule has 0 spiro atoms. The lowest BCUT2D eigenvalue weighted by atomic mass is 9.43. The predicted molar refractivity (Wildman–Crippen MR) is 135 cm³/mol. The summed E-state index contributed by atoms with van der Waals surface area (Å²) >= 11 is 0. The van der Waals surface area contributed by atoms with E-state index in [1.807, 2.05) is 31.0 Å². The monoisotopic (exact) mass is 479 g/mol. The zero-order chi connectivity index (χ0) is 24.4. The number of pyridine rings is 1. The van der Waals surface area contributed by atoms with Gasteiger partial charge in [0.05, 0.1) is 24.9 Å². The van der Waals surface area contributed by atoms with E-state index < -0.39 is 5.60 Å². The summed E-state index contributed by atoms with van der Waals surface area (Å²) in [5.74, 6) is 2.99. The number of nitrogens with zero attached hydrogens (tertiary/aromatic N) is 3. The lowest BCUT2D eigenvalue weighted by molar-refractivity contribution is -0.175. The number of Topliss-reactive ketones (excluding diaryl/α,β-unsaturated/α-hetero) is 1. The van der Waals surface area contributed by atoms with E-state index in [2.05, 4.69) is 17.0 Å². The fourth-order valence-electron chi connectivity index (χ4n) is 9.58. The van der Waals surface area contributed by atoms with Gasteiger partial charge in [-0.15, -0.1) is 0 Å². The van der Waals surface area contributed by atoms with Crippen molar-refractivity contribution in [3.05, 3.63) is 24.7 Å². The Kier molecular flexibility index (Phi) is 5.65. The lowest BCUT2D eigenvalue weighted by Crippen LogP contribution is -2.58. The van der Waals surface area contributed by atoms with Crippen molar-refractivity contribution >= 4 is 16.7 Å². The summed E-state index contributed by atoms with van der Waals surface area (Å²) < 4.78 is 7.72. The first-order chi connectivity index (χ1) is 16.8. The molecule has 190 valence electrons. The van der Waals surface area contributed by atoms with Crippen molar-refractivity contribution in [1.29, 1.82) is 0 Å². The molecule has 35 heavy (non-hydrogen) atoms. The van der Waals surface area contributed by atoms with Crippen molar-refractivity contribution in [2.24, 2.45) is 40.4 Å². The average molecular weight is 480 g/mol. The highest BCUT2D eigenvalue weighted by Crippen LogP contribution is 2.68. The van der Waals surface area contributed by atoms with E-state index in [-0.39, 0.29) is 16.7 Å². The van der Waals surface area contributed by atoms with E-state index >= 15 is 0 Å². The molecule has 2 aromatic heterocycles. The SMILES string of the molecule is COC[C@]12CC[C@@](C)(O)CC1CC[C@@H]1[C@@H]2CC[C@]2(C)[C@@H](C(=O)Cn3cc4ccncc4n3)CC[C@@H]12. The highest BCUT2D eigenvalue weighted by atomic mass is 16.5. The van der Waals surface area contributed by atoms with E-state index in [4.69, 9.17) is 4.74 Å². The van der Waals surface area contributed by atoms with E-state index in [0.717, 1.165) is 49.6 Å². The van der Waals surface area contributed by atoms with Crippen LogP contribution in [0.2, 0.25) is 0 Å². The van der Waals surface area contributed by atoms with Crippen molar-refractivity contribution in [3.63, 3.8) is 0 Å². The highest BCUT2D eigenvalue weighted by Gasteiger charge is 2.63. The zero-order valence-electron chi connectivity index (χ0n) is 21.6. The maximum Gasteiger partial charge on any atom is 0.157 e. The van der Waals surface area contributed by atoms with Crippen molar-refractivity contribution in [2.75, 3.05) is 13.7 Å². The Balaban J connectivity index is 1.23. The summed E-state index contributed by atoms with van der Waals surface area (Å²) in [7, 11) is 1.86. The minimum Gasteiger partial charge on any atom is -0.390 e. The number of rotatable bonds is 5. The summed E-state index contributed by atoms with van der Waals surface area (Å²) in [5.41, 5.74) is 0.610. The molecule has 6 heteroatoms. The molecule has 4 fully saturated rings. The van der Waals surface area contributed by atoms with Gasteiger partial charge in [-0.1, -0.05) is 6.92 Å². The van der Waals surface area contributed by atoms with E-state index in [1.165, 1.54) is 25.7 Å². The van der Waals surface area contributed by atoms with Gasteiger partial charge in [0.2, 0.25) is 0 Å². The van der Waals surface area contributed by atoms with Gasteiger partial charge in [-0.3, -0.25) is 14.5 Å². The van der Waals surface area contributed by atoms with E-state index in [1.54, 1.807) is 12.4 Å². The van der Waals surface area contributed by atoms with Crippen LogP contribution in [0.5, 0.6) is 0 Å². The fourth-order valence-corrected chi connectivity index (χ4v) is 9.58. The van der Waals surface area contributed by atoms with Gasteiger partial charge in [0.1, 0.15) is 5.52 Å². The average Bonchev–Trinajstić information content (AvgIpc) is 3.39. The second kappa shape index (κ2) is 8.37. The van der Waals surface area contributed by atoms with Crippen LogP contribution in [-0.4, -0.2) is 45.0 Å². The first-order valence-corrected chi connectivity index (χ1v) is 13.8. The second-order valence-corrected chi connectivity index (χ2v) is 12.9. The Morgan fingerprint density at radius 3 is 2.80 bits per heavy atom. The number of aliphatic hydroxyl groups is 1. The van der Waals surface area contributed by atoms with Crippen LogP contribution in [0.15, 0.2) is 24.7 Å². The number of hydrogen-bond acceptors (Lipinski definition) is 5. The Hall–Kier alpha value is -1.79. The molecule has 1 unspecified atom stereocenters. The van der Waals surface area contributed by atoms with Crippen molar-refractivity contribution < 1.29 is 14.6 Å². The predicted octanol–water partition coefficient (Wildman–Crippen LogP) is 5.04. The van der Waals surface area contributed by atoms with Gasteiger partial charge in [-0.25, -0.2) is 0 Å². The smallest absolute Gasteiger partial charge is 0.157 e. The maximum atomic E-state index is 13.7. The van der Waals surface area contributed by atoms with Gasteiger partial charge < -0.3 is 9.84 Å².